The number of likely N-dealkylation sites (tertiary alicyclic amines) is 1. The second-order valence-corrected chi connectivity index (χ2v) is 7.06. The van der Waals surface area contributed by atoms with Crippen molar-refractivity contribution in [2.75, 3.05) is 18.8 Å². The predicted octanol–water partition coefficient (Wildman–Crippen LogP) is 3.44. The van der Waals surface area contributed by atoms with Crippen molar-refractivity contribution in [1.82, 2.24) is 4.90 Å². The Morgan fingerprint density at radius 1 is 1.33 bits per heavy atom. The number of non-ortho nitro benzene ring substituents is 1. The molecule has 0 saturated carbocycles. The number of anilines is 1. The number of rotatable bonds is 3. The minimum absolute atomic E-state index is 0.115. The van der Waals surface area contributed by atoms with Crippen molar-refractivity contribution in [3.05, 3.63) is 33.9 Å². The lowest BCUT2D eigenvalue weighted by molar-refractivity contribution is -0.384. The smallest absolute Gasteiger partial charge is 0.269 e. The molecule has 0 atom stereocenters. The summed E-state index contributed by atoms with van der Waals surface area (Å²) in [5.74, 6) is 0.746. The molecule has 0 spiro atoms. The molecule has 2 rings (SSSR count). The molecule has 1 fully saturated rings. The van der Waals surface area contributed by atoms with Gasteiger partial charge in [0.05, 0.1) is 4.92 Å². The summed E-state index contributed by atoms with van der Waals surface area (Å²) in [4.78, 5) is 12.8. The average molecular weight is 291 g/mol. The van der Waals surface area contributed by atoms with E-state index in [2.05, 4.69) is 25.7 Å². The van der Waals surface area contributed by atoms with Gasteiger partial charge in [-0.3, -0.25) is 15.0 Å². The van der Waals surface area contributed by atoms with E-state index in [0.29, 0.717) is 17.6 Å². The highest BCUT2D eigenvalue weighted by Gasteiger charge is 2.28. The number of nitro groups is 1. The Hall–Kier alpha value is -1.62. The van der Waals surface area contributed by atoms with Crippen LogP contribution in [0.1, 0.15) is 39.2 Å². The maximum absolute atomic E-state index is 10.9. The van der Waals surface area contributed by atoms with E-state index in [9.17, 15) is 10.1 Å². The van der Waals surface area contributed by atoms with Crippen molar-refractivity contribution in [3.63, 3.8) is 0 Å². The summed E-state index contributed by atoms with van der Waals surface area (Å²) in [5.41, 5.74) is 7.92. The Morgan fingerprint density at radius 3 is 2.48 bits per heavy atom. The fraction of sp³-hybridized carbons (Fsp3) is 0.625. The van der Waals surface area contributed by atoms with Gasteiger partial charge in [-0.05, 0) is 48.9 Å². The van der Waals surface area contributed by atoms with Gasteiger partial charge in [0.2, 0.25) is 0 Å². The van der Waals surface area contributed by atoms with Crippen molar-refractivity contribution < 1.29 is 4.92 Å². The number of nitrogens with two attached hydrogens (primary N) is 1. The van der Waals surface area contributed by atoms with Gasteiger partial charge in [-0.15, -0.1) is 0 Å². The number of nitrogens with zero attached hydrogens (tertiary/aromatic N) is 2. The van der Waals surface area contributed by atoms with Crippen molar-refractivity contribution in [3.8, 4) is 0 Å². The summed E-state index contributed by atoms with van der Waals surface area (Å²) in [6.07, 6.45) is 2.36. The Balaban J connectivity index is 2.01. The molecule has 0 unspecified atom stereocenters. The third-order valence-electron chi connectivity index (χ3n) is 4.54. The third kappa shape index (κ3) is 3.94. The van der Waals surface area contributed by atoms with E-state index in [-0.39, 0.29) is 10.6 Å². The molecule has 2 N–H and O–H groups in total. The number of nitro benzene ring substituents is 1. The molecule has 1 aliphatic rings. The van der Waals surface area contributed by atoms with Gasteiger partial charge in [0.1, 0.15) is 0 Å². The van der Waals surface area contributed by atoms with Crippen LogP contribution in [0.4, 0.5) is 11.4 Å². The van der Waals surface area contributed by atoms with Gasteiger partial charge in [-0.2, -0.15) is 0 Å². The SMILES string of the molecule is CC(C)(C)C1CCN(Cc2cc([N+](=O)[O-])ccc2N)CC1. The van der Waals surface area contributed by atoms with Gasteiger partial charge in [0.25, 0.3) is 5.69 Å². The number of piperidine rings is 1. The molecular weight excluding hydrogens is 266 g/mol. The van der Waals surface area contributed by atoms with E-state index in [1.807, 2.05) is 0 Å². The first kappa shape index (κ1) is 15.8. The lowest BCUT2D eigenvalue weighted by Gasteiger charge is -2.38. The van der Waals surface area contributed by atoms with Crippen LogP contribution in [0, 0.1) is 21.4 Å². The molecule has 1 aromatic carbocycles. The maximum atomic E-state index is 10.9. The summed E-state index contributed by atoms with van der Waals surface area (Å²) in [6, 6.07) is 4.70. The third-order valence-corrected chi connectivity index (χ3v) is 4.54. The molecule has 5 nitrogen and oxygen atoms in total. The molecule has 1 saturated heterocycles. The van der Waals surface area contributed by atoms with Gasteiger partial charge >= 0.3 is 0 Å². The lowest BCUT2D eigenvalue weighted by atomic mass is 9.75. The average Bonchev–Trinajstić information content (AvgIpc) is 2.40. The predicted molar refractivity (Wildman–Crippen MR) is 85.0 cm³/mol. The zero-order chi connectivity index (χ0) is 15.6. The standard InChI is InChI=1S/C16H25N3O2/c1-16(2,3)13-6-8-18(9-7-13)11-12-10-14(19(20)21)4-5-15(12)17/h4-5,10,13H,6-9,11,17H2,1-3H3. The molecule has 116 valence electrons. The molecule has 5 heteroatoms. The second kappa shape index (κ2) is 6.02. The topological polar surface area (TPSA) is 72.4 Å². The second-order valence-electron chi connectivity index (χ2n) is 7.06. The van der Waals surface area contributed by atoms with E-state index >= 15 is 0 Å². The molecule has 0 amide bonds. The summed E-state index contributed by atoms with van der Waals surface area (Å²) in [7, 11) is 0. The largest absolute Gasteiger partial charge is 0.398 e. The first-order valence-electron chi connectivity index (χ1n) is 7.52. The van der Waals surface area contributed by atoms with E-state index in [0.717, 1.165) is 24.6 Å². The Morgan fingerprint density at radius 2 is 1.95 bits per heavy atom. The molecule has 0 bridgehead atoms. The van der Waals surface area contributed by atoms with Crippen LogP contribution >= 0.6 is 0 Å². The molecule has 1 aliphatic heterocycles. The Kier molecular flexibility index (Phi) is 4.52. The molecule has 0 aliphatic carbocycles. The summed E-state index contributed by atoms with van der Waals surface area (Å²) >= 11 is 0. The van der Waals surface area contributed by atoms with Crippen LogP contribution in [0.15, 0.2) is 18.2 Å². The van der Waals surface area contributed by atoms with Crippen LogP contribution in [0.25, 0.3) is 0 Å². The molecule has 1 aromatic rings. The number of benzene rings is 1. The van der Waals surface area contributed by atoms with Gasteiger partial charge in [-0.25, -0.2) is 0 Å². The van der Waals surface area contributed by atoms with Crippen LogP contribution in [0.2, 0.25) is 0 Å². The van der Waals surface area contributed by atoms with Crippen molar-refractivity contribution in [2.24, 2.45) is 11.3 Å². The summed E-state index contributed by atoms with van der Waals surface area (Å²) in [5, 5.41) is 10.9. The normalized spacial score (nSPS) is 17.9. The van der Waals surface area contributed by atoms with Crippen LogP contribution < -0.4 is 5.73 Å². The van der Waals surface area contributed by atoms with E-state index < -0.39 is 0 Å². The highest BCUT2D eigenvalue weighted by atomic mass is 16.6. The van der Waals surface area contributed by atoms with Crippen LogP contribution in [0.3, 0.4) is 0 Å². The van der Waals surface area contributed by atoms with Crippen molar-refractivity contribution >= 4 is 11.4 Å². The monoisotopic (exact) mass is 291 g/mol. The minimum atomic E-state index is -0.366. The number of hydrogen-bond donors (Lipinski definition) is 1. The van der Waals surface area contributed by atoms with E-state index in [4.69, 9.17) is 5.73 Å². The molecule has 0 radical (unpaired) electrons. The minimum Gasteiger partial charge on any atom is -0.398 e. The first-order chi connectivity index (χ1) is 9.77. The molecule has 21 heavy (non-hydrogen) atoms. The Bertz CT molecular complexity index is 515. The highest BCUT2D eigenvalue weighted by Crippen LogP contribution is 2.34. The van der Waals surface area contributed by atoms with Crippen molar-refractivity contribution in [2.45, 2.75) is 40.2 Å². The lowest BCUT2D eigenvalue weighted by Crippen LogP contribution is -2.37. The Labute approximate surface area is 126 Å². The van der Waals surface area contributed by atoms with Gasteiger partial charge in [0.15, 0.2) is 0 Å². The first-order valence-corrected chi connectivity index (χ1v) is 7.52. The van der Waals surface area contributed by atoms with Crippen molar-refractivity contribution in [1.29, 1.82) is 0 Å². The molecule has 1 heterocycles. The number of hydrogen-bond acceptors (Lipinski definition) is 4. The quantitative estimate of drug-likeness (QED) is 0.526. The number of nitrogen functional groups attached to an aromatic ring is 1. The van der Waals surface area contributed by atoms with Crippen LogP contribution in [0.5, 0.6) is 0 Å². The fourth-order valence-corrected chi connectivity index (χ4v) is 3.04. The van der Waals surface area contributed by atoms with Gasteiger partial charge < -0.3 is 5.73 Å². The van der Waals surface area contributed by atoms with Gasteiger partial charge in [0, 0.05) is 24.4 Å². The fourth-order valence-electron chi connectivity index (χ4n) is 3.04. The summed E-state index contributed by atoms with van der Waals surface area (Å²) in [6.45, 7) is 9.65. The van der Waals surface area contributed by atoms with Crippen LogP contribution in [-0.2, 0) is 6.54 Å². The van der Waals surface area contributed by atoms with E-state index in [1.165, 1.54) is 18.9 Å². The molecule has 0 aromatic heterocycles. The maximum Gasteiger partial charge on any atom is 0.269 e. The van der Waals surface area contributed by atoms with Gasteiger partial charge in [-0.1, -0.05) is 20.8 Å². The highest BCUT2D eigenvalue weighted by molar-refractivity contribution is 5.52. The zero-order valence-corrected chi connectivity index (χ0v) is 13.1. The zero-order valence-electron chi connectivity index (χ0n) is 13.1. The van der Waals surface area contributed by atoms with Crippen LogP contribution in [-0.4, -0.2) is 22.9 Å². The summed E-state index contributed by atoms with van der Waals surface area (Å²) < 4.78 is 0. The van der Waals surface area contributed by atoms with E-state index in [1.54, 1.807) is 12.1 Å². The molecular formula is C16H25N3O2.